The number of pyridine rings is 1. The molecule has 1 aromatic rings. The average molecular weight is 279 g/mol. The minimum absolute atomic E-state index is 0.0717. The van der Waals surface area contributed by atoms with Crippen molar-refractivity contribution in [1.29, 1.82) is 0 Å². The van der Waals surface area contributed by atoms with E-state index in [1.165, 1.54) is 6.20 Å². The summed E-state index contributed by atoms with van der Waals surface area (Å²) in [4.78, 5) is 16.9. The summed E-state index contributed by atoms with van der Waals surface area (Å²) in [5.41, 5.74) is 0.720. The highest BCUT2D eigenvalue weighted by Crippen LogP contribution is 2.25. The fourth-order valence-corrected chi connectivity index (χ4v) is 2.58. The number of nitrogens with zero attached hydrogens (tertiary/aromatic N) is 3. The van der Waals surface area contributed by atoms with E-state index in [1.807, 2.05) is 0 Å². The van der Waals surface area contributed by atoms with Gasteiger partial charge in [0.1, 0.15) is 12.0 Å². The fourth-order valence-electron chi connectivity index (χ4n) is 2.58. The molecule has 110 valence electrons. The van der Waals surface area contributed by atoms with Crippen LogP contribution in [0.5, 0.6) is 0 Å². The quantitative estimate of drug-likeness (QED) is 0.626. The zero-order valence-corrected chi connectivity index (χ0v) is 12.2. The van der Waals surface area contributed by atoms with Crippen LogP contribution in [0, 0.1) is 23.0 Å². The van der Waals surface area contributed by atoms with E-state index < -0.39 is 4.92 Å². The maximum absolute atomic E-state index is 10.9. The van der Waals surface area contributed by atoms with Gasteiger partial charge in [0.25, 0.3) is 5.69 Å². The highest BCUT2D eigenvalue weighted by atomic mass is 16.6. The van der Waals surface area contributed by atoms with Gasteiger partial charge in [0, 0.05) is 12.1 Å². The Bertz CT molecular complexity index is 491. The number of aryl methyl sites for hydroxylation is 1. The normalized spacial score (nSPS) is 19.4. The minimum atomic E-state index is -0.392. The lowest BCUT2D eigenvalue weighted by atomic mass is 10.0. The number of nitro groups is 1. The molecule has 20 heavy (non-hydrogen) atoms. The molecule has 0 spiro atoms. The van der Waals surface area contributed by atoms with Gasteiger partial charge >= 0.3 is 0 Å². The maximum Gasteiger partial charge on any atom is 0.290 e. The Hall–Kier alpha value is -1.69. The third-order valence-electron chi connectivity index (χ3n) is 3.53. The van der Waals surface area contributed by atoms with Crippen LogP contribution in [0.15, 0.2) is 12.3 Å². The third-order valence-corrected chi connectivity index (χ3v) is 3.53. The number of aromatic nitrogens is 1. The van der Waals surface area contributed by atoms with Gasteiger partial charge in [0.15, 0.2) is 0 Å². The van der Waals surface area contributed by atoms with Crippen molar-refractivity contribution >= 4 is 11.5 Å². The van der Waals surface area contributed by atoms with E-state index in [0.717, 1.165) is 18.8 Å². The molecule has 0 amide bonds. The first-order valence-corrected chi connectivity index (χ1v) is 6.94. The lowest BCUT2D eigenvalue weighted by Gasteiger charge is -2.37. The predicted molar refractivity (Wildman–Crippen MR) is 77.0 cm³/mol. The van der Waals surface area contributed by atoms with Crippen molar-refractivity contribution in [3.8, 4) is 0 Å². The van der Waals surface area contributed by atoms with Crippen LogP contribution in [0.1, 0.15) is 25.8 Å². The van der Waals surface area contributed by atoms with Gasteiger partial charge in [-0.2, -0.15) is 0 Å². The van der Waals surface area contributed by atoms with Gasteiger partial charge in [-0.1, -0.05) is 13.8 Å². The topological polar surface area (TPSA) is 68.5 Å². The van der Waals surface area contributed by atoms with Crippen LogP contribution in [-0.4, -0.2) is 35.7 Å². The standard InChI is InChI=1S/C14H21N3O3/c1-10(2)6-12-9-20-5-4-16(12)14-7-11(3)13(8-15-14)17(18)19/h7-8,10,12H,4-6,9H2,1-3H3/t12-/m1/s1. The van der Waals surface area contributed by atoms with E-state index in [0.29, 0.717) is 24.7 Å². The molecule has 0 saturated carbocycles. The first-order valence-electron chi connectivity index (χ1n) is 6.94. The van der Waals surface area contributed by atoms with Gasteiger partial charge in [0.2, 0.25) is 0 Å². The summed E-state index contributed by atoms with van der Waals surface area (Å²) in [5, 5.41) is 10.9. The molecule has 2 heterocycles. The summed E-state index contributed by atoms with van der Waals surface area (Å²) < 4.78 is 5.55. The zero-order chi connectivity index (χ0) is 14.7. The van der Waals surface area contributed by atoms with Crippen molar-refractivity contribution in [3.05, 3.63) is 27.9 Å². The van der Waals surface area contributed by atoms with Crippen molar-refractivity contribution < 1.29 is 9.66 Å². The molecule has 6 heteroatoms. The molecule has 0 N–H and O–H groups in total. The van der Waals surface area contributed by atoms with E-state index in [1.54, 1.807) is 13.0 Å². The molecule has 1 aromatic heterocycles. The first kappa shape index (κ1) is 14.7. The number of ether oxygens (including phenoxy) is 1. The summed E-state index contributed by atoms with van der Waals surface area (Å²) in [6, 6.07) is 2.09. The van der Waals surface area contributed by atoms with Crippen molar-refractivity contribution in [1.82, 2.24) is 4.98 Å². The Labute approximate surface area is 118 Å². The smallest absolute Gasteiger partial charge is 0.290 e. The van der Waals surface area contributed by atoms with Crippen molar-refractivity contribution in [2.45, 2.75) is 33.2 Å². The van der Waals surface area contributed by atoms with Gasteiger partial charge in [0.05, 0.1) is 24.2 Å². The Kier molecular flexibility index (Phi) is 4.54. The second-order valence-corrected chi connectivity index (χ2v) is 5.64. The van der Waals surface area contributed by atoms with Crippen LogP contribution >= 0.6 is 0 Å². The van der Waals surface area contributed by atoms with Crippen LogP contribution < -0.4 is 4.90 Å². The van der Waals surface area contributed by atoms with Crippen LogP contribution in [-0.2, 0) is 4.74 Å². The number of morpholine rings is 1. The second kappa shape index (κ2) is 6.17. The van der Waals surface area contributed by atoms with Gasteiger partial charge in [-0.15, -0.1) is 0 Å². The Morgan fingerprint density at radius 1 is 1.60 bits per heavy atom. The molecule has 0 aliphatic carbocycles. The maximum atomic E-state index is 10.9. The van der Waals surface area contributed by atoms with Gasteiger partial charge in [-0.25, -0.2) is 4.98 Å². The summed E-state index contributed by atoms with van der Waals surface area (Å²) in [5.74, 6) is 1.38. The fraction of sp³-hybridized carbons (Fsp3) is 0.643. The van der Waals surface area contributed by atoms with E-state index in [4.69, 9.17) is 4.74 Å². The molecule has 0 aromatic carbocycles. The molecule has 1 aliphatic rings. The molecule has 6 nitrogen and oxygen atoms in total. The van der Waals surface area contributed by atoms with E-state index >= 15 is 0 Å². The minimum Gasteiger partial charge on any atom is -0.377 e. The highest BCUT2D eigenvalue weighted by molar-refractivity contribution is 5.49. The Morgan fingerprint density at radius 3 is 2.95 bits per heavy atom. The SMILES string of the molecule is Cc1cc(N2CCOC[C@H]2CC(C)C)ncc1[N+](=O)[O-]. The van der Waals surface area contributed by atoms with Crippen LogP contribution in [0.2, 0.25) is 0 Å². The van der Waals surface area contributed by atoms with Gasteiger partial charge in [-0.3, -0.25) is 10.1 Å². The van der Waals surface area contributed by atoms with E-state index in [9.17, 15) is 10.1 Å². The summed E-state index contributed by atoms with van der Waals surface area (Å²) in [6.07, 6.45) is 2.38. The third kappa shape index (κ3) is 3.25. The largest absolute Gasteiger partial charge is 0.377 e. The summed E-state index contributed by atoms with van der Waals surface area (Å²) in [6.45, 7) is 8.26. The number of hydrogen-bond acceptors (Lipinski definition) is 5. The number of hydrogen-bond donors (Lipinski definition) is 0. The van der Waals surface area contributed by atoms with Gasteiger partial charge in [-0.05, 0) is 25.3 Å². The lowest BCUT2D eigenvalue weighted by molar-refractivity contribution is -0.385. The van der Waals surface area contributed by atoms with Gasteiger partial charge < -0.3 is 9.64 Å². The average Bonchev–Trinajstić information content (AvgIpc) is 2.38. The molecule has 0 unspecified atom stereocenters. The predicted octanol–water partition coefficient (Wildman–Crippen LogP) is 2.55. The lowest BCUT2D eigenvalue weighted by Crippen LogP contribution is -2.46. The van der Waals surface area contributed by atoms with Crippen molar-refractivity contribution in [2.75, 3.05) is 24.7 Å². The van der Waals surface area contributed by atoms with Crippen molar-refractivity contribution in [3.63, 3.8) is 0 Å². The number of rotatable bonds is 4. The summed E-state index contributed by atoms with van der Waals surface area (Å²) in [7, 11) is 0. The van der Waals surface area contributed by atoms with Crippen LogP contribution in [0.25, 0.3) is 0 Å². The van der Waals surface area contributed by atoms with E-state index in [2.05, 4.69) is 23.7 Å². The zero-order valence-electron chi connectivity index (χ0n) is 12.2. The number of anilines is 1. The second-order valence-electron chi connectivity index (χ2n) is 5.64. The van der Waals surface area contributed by atoms with Crippen LogP contribution in [0.4, 0.5) is 11.5 Å². The van der Waals surface area contributed by atoms with Crippen LogP contribution in [0.3, 0.4) is 0 Å². The molecule has 1 fully saturated rings. The monoisotopic (exact) mass is 279 g/mol. The molecular weight excluding hydrogens is 258 g/mol. The summed E-state index contributed by atoms with van der Waals surface area (Å²) >= 11 is 0. The molecular formula is C14H21N3O3. The molecule has 1 saturated heterocycles. The molecule has 1 aliphatic heterocycles. The Morgan fingerprint density at radius 2 is 2.35 bits per heavy atom. The van der Waals surface area contributed by atoms with Crippen molar-refractivity contribution in [2.24, 2.45) is 5.92 Å². The molecule has 0 bridgehead atoms. The molecule has 2 rings (SSSR count). The Balaban J connectivity index is 2.23. The molecule has 1 atom stereocenters. The molecule has 0 radical (unpaired) electrons. The van der Waals surface area contributed by atoms with E-state index in [-0.39, 0.29) is 11.7 Å². The highest BCUT2D eigenvalue weighted by Gasteiger charge is 2.26. The first-order chi connectivity index (χ1) is 9.49.